The van der Waals surface area contributed by atoms with Gasteiger partial charge in [0.25, 0.3) is 0 Å². The molecule has 2 amide bonds. The van der Waals surface area contributed by atoms with Crippen LogP contribution in [0.2, 0.25) is 0 Å². The van der Waals surface area contributed by atoms with Gasteiger partial charge in [0.15, 0.2) is 5.96 Å². The molecule has 0 heterocycles. The minimum absolute atomic E-state index is 0.0178. The van der Waals surface area contributed by atoms with Crippen LogP contribution in [0.3, 0.4) is 0 Å². The van der Waals surface area contributed by atoms with Crippen molar-refractivity contribution in [3.8, 4) is 0 Å². The summed E-state index contributed by atoms with van der Waals surface area (Å²) in [4.78, 5) is 40.9. The molecule has 33 heavy (non-hydrogen) atoms. The fourth-order valence-electron chi connectivity index (χ4n) is 4.51. The number of carbonyl (C=O) groups is 3. The van der Waals surface area contributed by atoms with Crippen LogP contribution in [0.1, 0.15) is 59.8 Å². The lowest BCUT2D eigenvalue weighted by Crippen LogP contribution is -2.52. The van der Waals surface area contributed by atoms with E-state index in [1.54, 1.807) is 0 Å². The Morgan fingerprint density at radius 3 is 2.33 bits per heavy atom. The van der Waals surface area contributed by atoms with Gasteiger partial charge in [-0.15, -0.1) is 0 Å². The van der Waals surface area contributed by atoms with Crippen molar-refractivity contribution in [1.82, 2.24) is 10.6 Å². The summed E-state index contributed by atoms with van der Waals surface area (Å²) in [5.74, 6) is -3.16. The van der Waals surface area contributed by atoms with Crippen molar-refractivity contribution < 1.29 is 29.0 Å². The number of aliphatic imine (C=N–C) groups is 1. The molecule has 1 rings (SSSR count). The Morgan fingerprint density at radius 2 is 1.82 bits per heavy atom. The average Bonchev–Trinajstić information content (AvgIpc) is 3.07. The van der Waals surface area contributed by atoms with Crippen molar-refractivity contribution in [2.75, 3.05) is 19.8 Å². The summed E-state index contributed by atoms with van der Waals surface area (Å²) < 4.78 is 11.1. The summed E-state index contributed by atoms with van der Waals surface area (Å²) in [5.41, 5.74) is 11.2. The molecule has 0 saturated heterocycles. The maximum atomic E-state index is 12.5. The SMILES string of the molecule is CCCCOCCNC(=O)O[C@H]1[C@@H]([C@H](NC(C)=O)C(CC)CC)[C@H](N=C(N)N)C[C@@H]1C(=O)O. The first-order chi connectivity index (χ1) is 15.7. The molecular weight excluding hydrogens is 430 g/mol. The third-order valence-electron chi connectivity index (χ3n) is 6.09. The molecule has 1 aliphatic rings. The highest BCUT2D eigenvalue weighted by Crippen LogP contribution is 2.41. The summed E-state index contributed by atoms with van der Waals surface area (Å²) in [5, 5.41) is 15.4. The maximum absolute atomic E-state index is 12.5. The number of carboxylic acid groups (broad SMARTS) is 1. The highest BCUT2D eigenvalue weighted by atomic mass is 16.6. The van der Waals surface area contributed by atoms with Crippen molar-refractivity contribution in [2.45, 2.75) is 78.0 Å². The van der Waals surface area contributed by atoms with Crippen LogP contribution in [0.5, 0.6) is 0 Å². The molecule has 0 spiro atoms. The Bertz CT molecular complexity index is 666. The Labute approximate surface area is 196 Å². The zero-order valence-electron chi connectivity index (χ0n) is 20.2. The van der Waals surface area contributed by atoms with Gasteiger partial charge in [0, 0.05) is 32.0 Å². The number of alkyl carbamates (subject to hydrolysis) is 1. The number of ether oxygens (including phenoxy) is 2. The monoisotopic (exact) mass is 471 g/mol. The number of hydrogen-bond acceptors (Lipinski definition) is 6. The van der Waals surface area contributed by atoms with Gasteiger partial charge in [0.1, 0.15) is 6.10 Å². The molecule has 0 bridgehead atoms. The number of amides is 2. The highest BCUT2D eigenvalue weighted by molar-refractivity contribution is 5.77. The molecule has 190 valence electrons. The van der Waals surface area contributed by atoms with Gasteiger partial charge >= 0.3 is 12.1 Å². The van der Waals surface area contributed by atoms with Crippen molar-refractivity contribution in [3.05, 3.63) is 0 Å². The van der Waals surface area contributed by atoms with E-state index in [2.05, 4.69) is 22.5 Å². The van der Waals surface area contributed by atoms with Gasteiger partial charge in [0.05, 0.1) is 18.6 Å². The van der Waals surface area contributed by atoms with Crippen molar-refractivity contribution >= 4 is 23.9 Å². The molecule has 0 aromatic heterocycles. The number of guanidine groups is 1. The lowest BCUT2D eigenvalue weighted by molar-refractivity contribution is -0.145. The van der Waals surface area contributed by atoms with E-state index in [4.69, 9.17) is 20.9 Å². The van der Waals surface area contributed by atoms with E-state index < -0.39 is 42.1 Å². The van der Waals surface area contributed by atoms with E-state index in [0.717, 1.165) is 25.7 Å². The standard InChI is InChI=1S/C22H41N5O6/c1-5-8-10-32-11-9-25-22(31)33-19-15(20(29)30)12-16(27-21(23)24)17(19)18(26-13(4)28)14(6-2)7-3/h14-19H,5-12H2,1-4H3,(H,25,31)(H,26,28)(H,29,30)(H4,23,24,27)/t15-,16+,17+,18+,19+/m0/s1. The Kier molecular flexibility index (Phi) is 12.6. The largest absolute Gasteiger partial charge is 0.481 e. The molecule has 11 nitrogen and oxygen atoms in total. The first-order valence-electron chi connectivity index (χ1n) is 11.8. The van der Waals surface area contributed by atoms with Crippen LogP contribution in [0.25, 0.3) is 0 Å². The molecule has 5 atom stereocenters. The van der Waals surface area contributed by atoms with E-state index in [-0.39, 0.29) is 30.8 Å². The second-order valence-corrected chi connectivity index (χ2v) is 8.44. The number of nitrogens with one attached hydrogen (secondary N) is 2. The van der Waals surface area contributed by atoms with Crippen molar-refractivity contribution in [1.29, 1.82) is 0 Å². The molecular formula is C22H41N5O6. The van der Waals surface area contributed by atoms with Gasteiger partial charge in [-0.05, 0) is 18.8 Å². The molecule has 0 unspecified atom stereocenters. The summed E-state index contributed by atoms with van der Waals surface area (Å²) in [6.07, 6.45) is 1.74. The highest BCUT2D eigenvalue weighted by Gasteiger charge is 2.53. The zero-order chi connectivity index (χ0) is 25.0. The summed E-state index contributed by atoms with van der Waals surface area (Å²) >= 11 is 0. The van der Waals surface area contributed by atoms with Crippen LogP contribution in [0.15, 0.2) is 4.99 Å². The first-order valence-corrected chi connectivity index (χ1v) is 11.8. The van der Waals surface area contributed by atoms with Gasteiger partial charge in [-0.3, -0.25) is 9.59 Å². The zero-order valence-corrected chi connectivity index (χ0v) is 20.2. The van der Waals surface area contributed by atoms with Crippen LogP contribution in [0, 0.1) is 17.8 Å². The van der Waals surface area contributed by atoms with Crippen molar-refractivity contribution in [3.63, 3.8) is 0 Å². The Morgan fingerprint density at radius 1 is 1.15 bits per heavy atom. The summed E-state index contributed by atoms with van der Waals surface area (Å²) in [6.45, 7) is 8.59. The second-order valence-electron chi connectivity index (χ2n) is 8.44. The van der Waals surface area contributed by atoms with Gasteiger partial charge in [-0.1, -0.05) is 40.0 Å². The third kappa shape index (κ3) is 9.07. The number of carbonyl (C=O) groups excluding carboxylic acids is 2. The van der Waals surface area contributed by atoms with E-state index in [1.165, 1.54) is 6.92 Å². The van der Waals surface area contributed by atoms with Gasteiger partial charge in [-0.25, -0.2) is 9.79 Å². The summed E-state index contributed by atoms with van der Waals surface area (Å²) in [7, 11) is 0. The molecule has 11 heteroatoms. The van der Waals surface area contributed by atoms with Crippen LogP contribution in [-0.2, 0) is 19.1 Å². The Hall–Kier alpha value is -2.56. The first kappa shape index (κ1) is 28.5. The smallest absolute Gasteiger partial charge is 0.407 e. The number of rotatable bonds is 14. The molecule has 1 saturated carbocycles. The average molecular weight is 472 g/mol. The quantitative estimate of drug-likeness (QED) is 0.142. The van der Waals surface area contributed by atoms with Crippen LogP contribution in [0.4, 0.5) is 4.79 Å². The van der Waals surface area contributed by atoms with Crippen molar-refractivity contribution in [2.24, 2.45) is 34.2 Å². The van der Waals surface area contributed by atoms with E-state index in [1.807, 2.05) is 13.8 Å². The molecule has 0 radical (unpaired) electrons. The second kappa shape index (κ2) is 14.6. The van der Waals surface area contributed by atoms with Crippen LogP contribution in [-0.4, -0.2) is 67.0 Å². The topological polar surface area (TPSA) is 178 Å². The van der Waals surface area contributed by atoms with E-state index in [9.17, 15) is 19.5 Å². The van der Waals surface area contributed by atoms with Gasteiger partial charge < -0.3 is 36.7 Å². The number of aliphatic carboxylic acids is 1. The molecule has 7 N–H and O–H groups in total. The van der Waals surface area contributed by atoms with Gasteiger partial charge in [0.2, 0.25) is 5.91 Å². The lowest BCUT2D eigenvalue weighted by Gasteiger charge is -2.36. The number of nitrogens with two attached hydrogens (primary N) is 2. The number of hydrogen-bond donors (Lipinski definition) is 5. The predicted molar refractivity (Wildman–Crippen MR) is 125 cm³/mol. The maximum Gasteiger partial charge on any atom is 0.407 e. The van der Waals surface area contributed by atoms with Crippen LogP contribution < -0.4 is 22.1 Å². The number of nitrogens with zero attached hydrogens (tertiary/aromatic N) is 1. The third-order valence-corrected chi connectivity index (χ3v) is 6.09. The van der Waals surface area contributed by atoms with Crippen LogP contribution >= 0.6 is 0 Å². The van der Waals surface area contributed by atoms with E-state index >= 15 is 0 Å². The number of unbranched alkanes of at least 4 members (excludes halogenated alkanes) is 1. The Balaban J connectivity index is 3.14. The molecule has 0 aliphatic heterocycles. The molecule has 0 aromatic carbocycles. The summed E-state index contributed by atoms with van der Waals surface area (Å²) in [6, 6.07) is -1.09. The lowest BCUT2D eigenvalue weighted by atomic mass is 9.80. The van der Waals surface area contributed by atoms with E-state index in [0.29, 0.717) is 13.2 Å². The molecule has 1 aliphatic carbocycles. The minimum Gasteiger partial charge on any atom is -0.481 e. The normalized spacial score (nSPS) is 23.1. The predicted octanol–water partition coefficient (Wildman–Crippen LogP) is 1.20. The minimum atomic E-state index is -1.11. The fraction of sp³-hybridized carbons (Fsp3) is 0.818. The fourth-order valence-corrected chi connectivity index (χ4v) is 4.51. The molecule has 0 aromatic rings. The number of carboxylic acids is 1. The molecule has 1 fully saturated rings. The van der Waals surface area contributed by atoms with Gasteiger partial charge in [-0.2, -0.15) is 0 Å².